The van der Waals surface area contributed by atoms with Gasteiger partial charge in [0.2, 0.25) is 11.2 Å². The molecule has 0 aliphatic carbocycles. The summed E-state index contributed by atoms with van der Waals surface area (Å²) in [5.41, 5.74) is 1.92. The number of rotatable bonds is 5. The maximum absolute atomic E-state index is 5.65. The van der Waals surface area contributed by atoms with E-state index >= 15 is 0 Å². The van der Waals surface area contributed by atoms with Crippen molar-refractivity contribution in [2.45, 2.75) is 0 Å². The first-order valence-electron chi connectivity index (χ1n) is 10.2. The Hall–Kier alpha value is -2.79. The first kappa shape index (κ1) is 23.4. The van der Waals surface area contributed by atoms with Crippen LogP contribution in [0.25, 0.3) is 21.1 Å². The van der Waals surface area contributed by atoms with Crippen molar-refractivity contribution in [2.24, 2.45) is 0 Å². The molecule has 3 heterocycles. The Labute approximate surface area is 205 Å². The van der Waals surface area contributed by atoms with Gasteiger partial charge in [0.1, 0.15) is 21.5 Å². The number of methoxy groups -OCH3 is 2. The molecule has 1 aliphatic rings. The van der Waals surface area contributed by atoms with E-state index in [4.69, 9.17) is 21.1 Å². The van der Waals surface area contributed by atoms with Crippen LogP contribution < -0.4 is 19.7 Å². The predicted molar refractivity (Wildman–Crippen MR) is 134 cm³/mol. The van der Waals surface area contributed by atoms with E-state index in [1.807, 2.05) is 48.5 Å². The van der Waals surface area contributed by atoms with Crippen molar-refractivity contribution < 1.29 is 9.47 Å². The quantitative estimate of drug-likeness (QED) is 0.427. The number of ether oxygens (including phenoxy) is 2. The van der Waals surface area contributed by atoms with Crippen LogP contribution in [0.3, 0.4) is 0 Å². The molecule has 172 valence electrons. The summed E-state index contributed by atoms with van der Waals surface area (Å²) in [6.07, 6.45) is 0. The number of para-hydroxylation sites is 2. The van der Waals surface area contributed by atoms with Crippen LogP contribution >= 0.6 is 34.7 Å². The fourth-order valence-electron chi connectivity index (χ4n) is 3.28. The zero-order valence-electron chi connectivity index (χ0n) is 18.2. The Balaban J connectivity index is 0.000000165. The van der Waals surface area contributed by atoms with Crippen molar-refractivity contribution in [3.63, 3.8) is 0 Å². The van der Waals surface area contributed by atoms with Gasteiger partial charge < -0.3 is 19.7 Å². The van der Waals surface area contributed by atoms with Gasteiger partial charge in [-0.1, -0.05) is 24.3 Å². The van der Waals surface area contributed by atoms with E-state index in [2.05, 4.69) is 28.9 Å². The maximum atomic E-state index is 5.65. The Morgan fingerprint density at radius 3 is 1.91 bits per heavy atom. The minimum absolute atomic E-state index is 0.274. The SMILES string of the molecule is COc1ccccc1-c1nc(Cl)ns1.COc1ccccc1-c1nc(N2CCNCC2)ns1. The molecule has 1 fully saturated rings. The number of piperazine rings is 1. The molecule has 1 N–H and O–H groups in total. The van der Waals surface area contributed by atoms with Crippen molar-refractivity contribution in [1.82, 2.24) is 24.0 Å². The third-order valence-electron chi connectivity index (χ3n) is 4.89. The molecule has 33 heavy (non-hydrogen) atoms. The zero-order valence-corrected chi connectivity index (χ0v) is 20.6. The molecule has 0 unspecified atom stereocenters. The summed E-state index contributed by atoms with van der Waals surface area (Å²) in [7, 11) is 3.30. The smallest absolute Gasteiger partial charge is 0.237 e. The van der Waals surface area contributed by atoms with Crippen LogP contribution in [0.1, 0.15) is 0 Å². The Kier molecular flexibility index (Phi) is 8.05. The van der Waals surface area contributed by atoms with E-state index in [1.54, 1.807) is 14.2 Å². The molecule has 5 rings (SSSR count). The van der Waals surface area contributed by atoms with Gasteiger partial charge in [-0.25, -0.2) is 4.98 Å². The molecule has 2 aromatic heterocycles. The van der Waals surface area contributed by atoms with Crippen LogP contribution in [0.4, 0.5) is 5.95 Å². The number of halogens is 1. The normalized spacial score (nSPS) is 13.2. The number of hydrogen-bond acceptors (Lipinski definition) is 10. The first-order valence-corrected chi connectivity index (χ1v) is 12.2. The highest BCUT2D eigenvalue weighted by Gasteiger charge is 2.17. The molecular formula is C22H23ClN6O2S2. The Bertz CT molecular complexity index is 1180. The Morgan fingerprint density at radius 2 is 1.36 bits per heavy atom. The highest BCUT2D eigenvalue weighted by molar-refractivity contribution is 7.09. The molecular weight excluding hydrogens is 480 g/mol. The lowest BCUT2D eigenvalue weighted by molar-refractivity contribution is 0.416. The first-order chi connectivity index (χ1) is 16.2. The van der Waals surface area contributed by atoms with Crippen LogP contribution in [0.15, 0.2) is 48.5 Å². The number of anilines is 1. The van der Waals surface area contributed by atoms with Gasteiger partial charge in [0.25, 0.3) is 0 Å². The van der Waals surface area contributed by atoms with Crippen LogP contribution in [0, 0.1) is 0 Å². The highest BCUT2D eigenvalue weighted by Crippen LogP contribution is 2.32. The van der Waals surface area contributed by atoms with E-state index in [1.165, 1.54) is 23.1 Å². The number of hydrogen-bond donors (Lipinski definition) is 1. The molecule has 2 aromatic carbocycles. The third kappa shape index (κ3) is 5.77. The standard InChI is InChI=1S/C13H16N4OS.C9H7ClN2OS/c1-18-11-5-3-2-4-10(11)12-15-13(16-19-12)17-8-6-14-7-9-17;1-13-7-5-3-2-4-6(7)8-11-9(10)12-14-8/h2-5,14H,6-9H2,1H3;2-5H,1H3. The van der Waals surface area contributed by atoms with E-state index in [-0.39, 0.29) is 5.28 Å². The molecule has 1 saturated heterocycles. The van der Waals surface area contributed by atoms with Crippen molar-refractivity contribution in [3.8, 4) is 32.6 Å². The van der Waals surface area contributed by atoms with Gasteiger partial charge >= 0.3 is 0 Å². The molecule has 1 aliphatic heterocycles. The van der Waals surface area contributed by atoms with E-state index in [0.717, 1.165) is 64.8 Å². The van der Waals surface area contributed by atoms with Gasteiger partial charge in [-0.3, -0.25) is 0 Å². The molecule has 4 aromatic rings. The monoisotopic (exact) mass is 502 g/mol. The molecule has 0 radical (unpaired) electrons. The van der Waals surface area contributed by atoms with Gasteiger partial charge in [0.05, 0.1) is 25.3 Å². The van der Waals surface area contributed by atoms with Crippen molar-refractivity contribution in [2.75, 3.05) is 45.3 Å². The Morgan fingerprint density at radius 1 is 0.818 bits per heavy atom. The summed E-state index contributed by atoms with van der Waals surface area (Å²) in [6, 6.07) is 15.5. The number of aromatic nitrogens is 4. The van der Waals surface area contributed by atoms with Crippen LogP contribution in [-0.4, -0.2) is 59.1 Å². The third-order valence-corrected chi connectivity index (χ3v) is 6.65. The van der Waals surface area contributed by atoms with Crippen LogP contribution in [0.5, 0.6) is 11.5 Å². The average Bonchev–Trinajstić information content (AvgIpc) is 3.54. The van der Waals surface area contributed by atoms with Gasteiger partial charge in [0.15, 0.2) is 0 Å². The highest BCUT2D eigenvalue weighted by atomic mass is 35.5. The van der Waals surface area contributed by atoms with Gasteiger partial charge in [0, 0.05) is 26.2 Å². The molecule has 8 nitrogen and oxygen atoms in total. The fraction of sp³-hybridized carbons (Fsp3) is 0.273. The lowest BCUT2D eigenvalue weighted by Crippen LogP contribution is -2.44. The zero-order chi connectivity index (χ0) is 23.0. The second-order valence-electron chi connectivity index (χ2n) is 6.91. The van der Waals surface area contributed by atoms with E-state index < -0.39 is 0 Å². The summed E-state index contributed by atoms with van der Waals surface area (Å²) < 4.78 is 18.9. The fourth-order valence-corrected chi connectivity index (χ4v) is 4.82. The van der Waals surface area contributed by atoms with Crippen molar-refractivity contribution >= 4 is 40.6 Å². The molecule has 0 amide bonds. The summed E-state index contributed by atoms with van der Waals surface area (Å²) in [6.45, 7) is 3.90. The molecule has 0 atom stereocenters. The van der Waals surface area contributed by atoms with Crippen LogP contribution in [-0.2, 0) is 0 Å². The van der Waals surface area contributed by atoms with E-state index in [0.29, 0.717) is 0 Å². The van der Waals surface area contributed by atoms with Crippen molar-refractivity contribution in [1.29, 1.82) is 0 Å². The predicted octanol–water partition coefficient (Wildman–Crippen LogP) is 4.49. The molecule has 11 heteroatoms. The minimum atomic E-state index is 0.274. The summed E-state index contributed by atoms with van der Waals surface area (Å²) in [5.74, 6) is 2.44. The lowest BCUT2D eigenvalue weighted by atomic mass is 10.2. The summed E-state index contributed by atoms with van der Waals surface area (Å²) in [5, 5.41) is 5.28. The van der Waals surface area contributed by atoms with Gasteiger partial charge in [-0.2, -0.15) is 13.7 Å². The average molecular weight is 503 g/mol. The second kappa shape index (κ2) is 11.4. The maximum Gasteiger partial charge on any atom is 0.237 e. The summed E-state index contributed by atoms with van der Waals surface area (Å²) in [4.78, 5) is 10.9. The number of benzene rings is 2. The lowest BCUT2D eigenvalue weighted by Gasteiger charge is -2.25. The molecule has 0 saturated carbocycles. The number of nitrogens with one attached hydrogen (secondary N) is 1. The van der Waals surface area contributed by atoms with E-state index in [9.17, 15) is 0 Å². The summed E-state index contributed by atoms with van der Waals surface area (Å²) >= 11 is 8.33. The van der Waals surface area contributed by atoms with Crippen LogP contribution in [0.2, 0.25) is 5.28 Å². The molecule has 0 bridgehead atoms. The van der Waals surface area contributed by atoms with Gasteiger partial charge in [-0.15, -0.1) is 0 Å². The van der Waals surface area contributed by atoms with Crippen molar-refractivity contribution in [3.05, 3.63) is 53.8 Å². The number of nitrogens with zero attached hydrogens (tertiary/aromatic N) is 5. The topological polar surface area (TPSA) is 85.3 Å². The second-order valence-corrected chi connectivity index (χ2v) is 8.75. The van der Waals surface area contributed by atoms with Gasteiger partial charge in [-0.05, 0) is 58.9 Å². The minimum Gasteiger partial charge on any atom is -0.496 e. The largest absolute Gasteiger partial charge is 0.496 e. The molecule has 0 spiro atoms.